The Bertz CT molecular complexity index is 531. The number of aromatic nitrogens is 2. The molecule has 0 amide bonds. The molecule has 4 nitrogen and oxygen atoms in total. The fourth-order valence-electron chi connectivity index (χ4n) is 2.02. The minimum Gasteiger partial charge on any atom is -0.435 e. The number of benzene rings is 1. The summed E-state index contributed by atoms with van der Waals surface area (Å²) in [5.41, 5.74) is 0.876. The Morgan fingerprint density at radius 3 is 2.70 bits per heavy atom. The maximum atomic E-state index is 12.2. The Balaban J connectivity index is 2.03. The minimum absolute atomic E-state index is 0.0173. The van der Waals surface area contributed by atoms with Crippen molar-refractivity contribution in [3.63, 3.8) is 0 Å². The van der Waals surface area contributed by atoms with Gasteiger partial charge in [0.25, 0.3) is 0 Å². The number of alkyl halides is 2. The molecule has 2 atom stereocenters. The van der Waals surface area contributed by atoms with Gasteiger partial charge in [-0.3, -0.25) is 0 Å². The van der Waals surface area contributed by atoms with Crippen molar-refractivity contribution < 1.29 is 13.5 Å². The Hall–Kier alpha value is -1.95. The predicted molar refractivity (Wildman–Crippen MR) is 71.6 cm³/mol. The van der Waals surface area contributed by atoms with E-state index in [4.69, 9.17) is 0 Å². The third-order valence-electron chi connectivity index (χ3n) is 3.01. The molecule has 0 radical (unpaired) electrons. The fraction of sp³-hybridized carbons (Fsp3) is 0.357. The molecule has 2 rings (SSSR count). The van der Waals surface area contributed by atoms with E-state index in [0.717, 1.165) is 11.4 Å². The quantitative estimate of drug-likeness (QED) is 0.853. The van der Waals surface area contributed by atoms with E-state index in [1.807, 2.05) is 19.9 Å². The number of rotatable bonds is 6. The number of ether oxygens (including phenoxy) is 1. The van der Waals surface area contributed by atoms with Gasteiger partial charge in [0.05, 0.1) is 6.04 Å². The van der Waals surface area contributed by atoms with Crippen molar-refractivity contribution in [2.45, 2.75) is 32.5 Å². The van der Waals surface area contributed by atoms with Crippen molar-refractivity contribution in [3.05, 3.63) is 48.0 Å². The number of hydrogen-bond donors (Lipinski definition) is 2. The molecular formula is C14H17F2N3O. The second kappa shape index (κ2) is 6.47. The lowest BCUT2D eigenvalue weighted by Crippen LogP contribution is -2.23. The summed E-state index contributed by atoms with van der Waals surface area (Å²) in [7, 11) is 0. The number of nitrogens with zero attached hydrogens (tertiary/aromatic N) is 1. The van der Waals surface area contributed by atoms with Crippen LogP contribution in [0.3, 0.4) is 0 Å². The molecule has 0 saturated heterocycles. The number of H-pyrrole nitrogens is 1. The lowest BCUT2D eigenvalue weighted by atomic mass is 10.1. The van der Waals surface area contributed by atoms with Crippen LogP contribution < -0.4 is 10.1 Å². The molecule has 1 aromatic heterocycles. The molecule has 0 spiro atoms. The number of hydrogen-bond acceptors (Lipinski definition) is 3. The highest BCUT2D eigenvalue weighted by atomic mass is 19.3. The second-order valence-corrected chi connectivity index (χ2v) is 4.54. The third kappa shape index (κ3) is 3.77. The molecule has 0 aliphatic heterocycles. The summed E-state index contributed by atoms with van der Waals surface area (Å²) >= 11 is 0. The van der Waals surface area contributed by atoms with E-state index in [2.05, 4.69) is 20.0 Å². The summed E-state index contributed by atoms with van der Waals surface area (Å²) in [4.78, 5) is 7.21. The number of halogens is 2. The van der Waals surface area contributed by atoms with E-state index in [0.29, 0.717) is 0 Å². The molecule has 1 aromatic carbocycles. The van der Waals surface area contributed by atoms with Crippen LogP contribution in [0.15, 0.2) is 36.7 Å². The maximum absolute atomic E-state index is 12.2. The first-order valence-electron chi connectivity index (χ1n) is 6.36. The molecule has 108 valence electrons. The average molecular weight is 281 g/mol. The summed E-state index contributed by atoms with van der Waals surface area (Å²) in [5.74, 6) is 0.994. The van der Waals surface area contributed by atoms with Crippen molar-refractivity contribution in [1.82, 2.24) is 15.3 Å². The summed E-state index contributed by atoms with van der Waals surface area (Å²) in [6.45, 7) is 1.13. The van der Waals surface area contributed by atoms with Gasteiger partial charge in [0.1, 0.15) is 11.6 Å². The van der Waals surface area contributed by atoms with E-state index >= 15 is 0 Å². The van der Waals surface area contributed by atoms with Gasteiger partial charge in [0, 0.05) is 18.4 Å². The van der Waals surface area contributed by atoms with E-state index < -0.39 is 6.61 Å². The van der Waals surface area contributed by atoms with Crippen molar-refractivity contribution in [1.29, 1.82) is 0 Å². The van der Waals surface area contributed by atoms with Crippen LogP contribution in [-0.4, -0.2) is 16.6 Å². The lowest BCUT2D eigenvalue weighted by molar-refractivity contribution is -0.0499. The van der Waals surface area contributed by atoms with Gasteiger partial charge in [-0.1, -0.05) is 12.1 Å². The fourth-order valence-corrected chi connectivity index (χ4v) is 2.02. The molecular weight excluding hydrogens is 264 g/mol. The smallest absolute Gasteiger partial charge is 0.387 e. The topological polar surface area (TPSA) is 49.9 Å². The Labute approximate surface area is 116 Å². The predicted octanol–water partition coefficient (Wildman–Crippen LogP) is 3.42. The zero-order valence-electron chi connectivity index (χ0n) is 11.3. The van der Waals surface area contributed by atoms with Gasteiger partial charge >= 0.3 is 6.61 Å². The summed E-state index contributed by atoms with van der Waals surface area (Å²) in [5, 5.41) is 3.34. The third-order valence-corrected chi connectivity index (χ3v) is 3.01. The first-order chi connectivity index (χ1) is 9.56. The van der Waals surface area contributed by atoms with Gasteiger partial charge in [-0.2, -0.15) is 8.78 Å². The number of nitrogens with one attached hydrogen (secondary N) is 2. The van der Waals surface area contributed by atoms with Crippen LogP contribution in [-0.2, 0) is 0 Å². The maximum Gasteiger partial charge on any atom is 0.387 e. The summed E-state index contributed by atoms with van der Waals surface area (Å²) < 4.78 is 28.8. The van der Waals surface area contributed by atoms with E-state index in [-0.39, 0.29) is 17.8 Å². The monoisotopic (exact) mass is 281 g/mol. The van der Waals surface area contributed by atoms with Crippen molar-refractivity contribution >= 4 is 0 Å². The molecule has 2 aromatic rings. The van der Waals surface area contributed by atoms with Gasteiger partial charge in [0.15, 0.2) is 0 Å². The molecule has 0 saturated carbocycles. The van der Waals surface area contributed by atoms with E-state index in [1.54, 1.807) is 24.5 Å². The Kier molecular flexibility index (Phi) is 4.68. The highest BCUT2D eigenvalue weighted by Gasteiger charge is 2.14. The molecule has 2 N–H and O–H groups in total. The van der Waals surface area contributed by atoms with Gasteiger partial charge in [-0.25, -0.2) is 4.98 Å². The highest BCUT2D eigenvalue weighted by molar-refractivity contribution is 5.30. The molecule has 6 heteroatoms. The molecule has 1 heterocycles. The van der Waals surface area contributed by atoms with Crippen LogP contribution in [0, 0.1) is 0 Å². The average Bonchev–Trinajstić information content (AvgIpc) is 2.92. The molecule has 0 fully saturated rings. The van der Waals surface area contributed by atoms with Gasteiger partial charge in [-0.05, 0) is 31.5 Å². The Morgan fingerprint density at radius 1 is 1.25 bits per heavy atom. The standard InChI is InChI=1S/C14H17F2N3O/c1-9(19-10(2)13-17-6-7-18-13)11-4-3-5-12(8-11)20-14(15)16/h3-10,14,19H,1-2H3,(H,17,18). The summed E-state index contributed by atoms with van der Waals surface area (Å²) in [6, 6.07) is 6.70. The lowest BCUT2D eigenvalue weighted by Gasteiger charge is -2.19. The zero-order chi connectivity index (χ0) is 14.5. The molecule has 0 bridgehead atoms. The molecule has 0 aliphatic rings. The highest BCUT2D eigenvalue weighted by Crippen LogP contribution is 2.22. The van der Waals surface area contributed by atoms with Crippen molar-refractivity contribution in [2.75, 3.05) is 0 Å². The second-order valence-electron chi connectivity index (χ2n) is 4.54. The van der Waals surface area contributed by atoms with Crippen LogP contribution in [0.4, 0.5) is 8.78 Å². The SMILES string of the molecule is CC(NC(C)c1ncc[nH]1)c1cccc(OC(F)F)c1. The van der Waals surface area contributed by atoms with Crippen LogP contribution in [0.25, 0.3) is 0 Å². The van der Waals surface area contributed by atoms with Crippen LogP contribution in [0.1, 0.15) is 37.3 Å². The van der Waals surface area contributed by atoms with Gasteiger partial charge in [-0.15, -0.1) is 0 Å². The largest absolute Gasteiger partial charge is 0.435 e. The molecule has 0 aliphatic carbocycles. The Morgan fingerprint density at radius 2 is 2.05 bits per heavy atom. The van der Waals surface area contributed by atoms with Crippen LogP contribution >= 0.6 is 0 Å². The van der Waals surface area contributed by atoms with E-state index in [9.17, 15) is 8.78 Å². The van der Waals surface area contributed by atoms with Crippen molar-refractivity contribution in [3.8, 4) is 5.75 Å². The first kappa shape index (κ1) is 14.5. The molecule has 20 heavy (non-hydrogen) atoms. The van der Waals surface area contributed by atoms with Gasteiger partial charge in [0.2, 0.25) is 0 Å². The summed E-state index contributed by atoms with van der Waals surface area (Å²) in [6.07, 6.45) is 3.45. The molecule has 2 unspecified atom stereocenters. The van der Waals surface area contributed by atoms with Gasteiger partial charge < -0.3 is 15.0 Å². The minimum atomic E-state index is -2.81. The number of aromatic amines is 1. The first-order valence-corrected chi connectivity index (χ1v) is 6.36. The number of imidazole rings is 1. The van der Waals surface area contributed by atoms with Crippen LogP contribution in [0.5, 0.6) is 5.75 Å². The van der Waals surface area contributed by atoms with E-state index in [1.165, 1.54) is 6.07 Å². The zero-order valence-corrected chi connectivity index (χ0v) is 11.3. The van der Waals surface area contributed by atoms with Crippen molar-refractivity contribution in [2.24, 2.45) is 0 Å². The normalized spacial score (nSPS) is 14.2. The van der Waals surface area contributed by atoms with Crippen LogP contribution in [0.2, 0.25) is 0 Å².